The molecule has 0 radical (unpaired) electrons. The number of sulfonamides is 1. The van der Waals surface area contributed by atoms with E-state index in [0.717, 1.165) is 34.6 Å². The molecule has 15 heteroatoms. The number of halogens is 1. The number of amides is 4. The van der Waals surface area contributed by atoms with Gasteiger partial charge in [-0.05, 0) is 110 Å². The van der Waals surface area contributed by atoms with Crippen LogP contribution in [0.1, 0.15) is 78.0 Å². The molecule has 4 aromatic carbocycles. The summed E-state index contributed by atoms with van der Waals surface area (Å²) in [6, 6.07) is 20.6. The largest absolute Gasteiger partial charge is 0.394 e. The van der Waals surface area contributed by atoms with Crippen LogP contribution < -0.4 is 16.0 Å². The topological polar surface area (TPSA) is 165 Å². The van der Waals surface area contributed by atoms with Crippen LogP contribution in [0.4, 0.5) is 15.8 Å². The van der Waals surface area contributed by atoms with Crippen LogP contribution in [-0.2, 0) is 31.0 Å². The molecule has 2 fully saturated rings. The number of nitrogens with one attached hydrogen (secondary N) is 3. The van der Waals surface area contributed by atoms with Gasteiger partial charge in [0.15, 0.2) is 0 Å². The quantitative estimate of drug-likeness (QED) is 0.0679. The number of carbonyl (C=O) groups is 4. The second-order valence-electron chi connectivity index (χ2n) is 15.6. The zero-order chi connectivity index (χ0) is 41.4. The molecule has 59 heavy (non-hydrogen) atoms. The van der Waals surface area contributed by atoms with Crippen LogP contribution in [0.5, 0.6) is 0 Å². The molecule has 0 saturated carbocycles. The summed E-state index contributed by atoms with van der Waals surface area (Å²) in [6.45, 7) is 2.34. The minimum absolute atomic E-state index is 0.163. The van der Waals surface area contributed by atoms with Gasteiger partial charge in [0.2, 0.25) is 27.7 Å². The second-order valence-corrected chi connectivity index (χ2v) is 18.7. The number of imide groups is 1. The summed E-state index contributed by atoms with van der Waals surface area (Å²) in [5, 5.41) is 18.9. The summed E-state index contributed by atoms with van der Waals surface area (Å²) in [6.07, 6.45) is 3.62. The van der Waals surface area contributed by atoms with Gasteiger partial charge in [0.25, 0.3) is 5.91 Å². The number of benzene rings is 4. The van der Waals surface area contributed by atoms with E-state index in [-0.39, 0.29) is 66.1 Å². The molecule has 4 amide bonds. The number of fused-ring (bicyclic) bond motifs is 4. The standard InChI is InChI=1S/C44H46FN5O7S2/c1-26-9-13-29(14-10-26)59(56,57)50-20-19-31-37(25-51)47-36-16-11-27(22-33(36)42(31)50)32-23-28(12-15-35(32)45)46-40(52)8-3-2-4-21-58-39-7-5-6-30-34(39)24-49(44(30)55)38-17-18-41(53)48-43(38)54/h5-7,9-16,22-23,31,37-38,42,47,51H,2-4,8,17-21,24-25H2,1H3,(H,46,52)(H,48,53,54)/t31-,37+,38?,42-/m1/s1. The van der Waals surface area contributed by atoms with Gasteiger partial charge in [-0.3, -0.25) is 24.5 Å². The average Bonchev–Trinajstić information content (AvgIpc) is 3.83. The molecule has 0 aromatic heterocycles. The Hall–Kier alpha value is -5.09. The van der Waals surface area contributed by atoms with Crippen molar-refractivity contribution in [2.75, 3.05) is 29.5 Å². The van der Waals surface area contributed by atoms with E-state index in [1.807, 2.05) is 25.1 Å². The van der Waals surface area contributed by atoms with Crippen LogP contribution in [0.3, 0.4) is 0 Å². The molecule has 8 rings (SSSR count). The van der Waals surface area contributed by atoms with E-state index in [2.05, 4.69) is 16.0 Å². The van der Waals surface area contributed by atoms with Gasteiger partial charge in [-0.1, -0.05) is 36.2 Å². The van der Waals surface area contributed by atoms with Crippen molar-refractivity contribution in [2.24, 2.45) is 5.92 Å². The fourth-order valence-corrected chi connectivity index (χ4v) is 11.5. The molecule has 4 aliphatic heterocycles. The molecule has 0 spiro atoms. The SMILES string of the molecule is Cc1ccc(S(=O)(=O)N2CC[C@@H]3[C@H](CO)Nc4ccc(-c5cc(NC(=O)CCCCCSc6cccc7c6CN(C6CCC(=O)NC6=O)C7=O)ccc5F)cc4[C@@H]32)cc1. The van der Waals surface area contributed by atoms with Crippen molar-refractivity contribution in [3.8, 4) is 11.1 Å². The van der Waals surface area contributed by atoms with E-state index in [0.29, 0.717) is 53.9 Å². The summed E-state index contributed by atoms with van der Waals surface area (Å²) in [5.74, 6) is -1.05. The van der Waals surface area contributed by atoms with Gasteiger partial charge in [-0.15, -0.1) is 11.8 Å². The Morgan fingerprint density at radius 3 is 2.56 bits per heavy atom. The fourth-order valence-electron chi connectivity index (χ4n) is 8.79. The lowest BCUT2D eigenvalue weighted by Gasteiger charge is -2.39. The number of anilines is 2. The van der Waals surface area contributed by atoms with Gasteiger partial charge < -0.3 is 20.6 Å². The first kappa shape index (κ1) is 40.7. The fraction of sp³-hybridized carbons (Fsp3) is 0.364. The van der Waals surface area contributed by atoms with E-state index in [1.54, 1.807) is 65.2 Å². The average molecular weight is 840 g/mol. The Labute approximate surface area is 347 Å². The first-order valence-corrected chi connectivity index (χ1v) is 22.4. The van der Waals surface area contributed by atoms with E-state index >= 15 is 4.39 Å². The predicted octanol–water partition coefficient (Wildman–Crippen LogP) is 6.39. The number of carbonyl (C=O) groups excluding carboxylic acids is 4. The maximum absolute atomic E-state index is 15.5. The number of piperidine rings is 1. The maximum Gasteiger partial charge on any atom is 0.255 e. The molecule has 4 atom stereocenters. The molecule has 1 unspecified atom stereocenters. The lowest BCUT2D eigenvalue weighted by atomic mass is 9.82. The third kappa shape index (κ3) is 8.13. The van der Waals surface area contributed by atoms with Gasteiger partial charge in [0.05, 0.1) is 23.6 Å². The first-order chi connectivity index (χ1) is 28.4. The number of aliphatic hydroxyl groups excluding tert-OH is 1. The van der Waals surface area contributed by atoms with Crippen LogP contribution in [-0.4, -0.2) is 77.3 Å². The molecule has 12 nitrogen and oxygen atoms in total. The lowest BCUT2D eigenvalue weighted by Crippen LogP contribution is -2.52. The monoisotopic (exact) mass is 839 g/mol. The molecular formula is C44H46FN5O7S2. The number of aryl methyl sites for hydroxylation is 1. The number of nitrogens with zero attached hydrogens (tertiary/aromatic N) is 2. The Morgan fingerprint density at radius 1 is 0.966 bits per heavy atom. The number of unbranched alkanes of at least 4 members (excludes halogenated alkanes) is 2. The molecule has 4 aromatic rings. The molecule has 0 bridgehead atoms. The summed E-state index contributed by atoms with van der Waals surface area (Å²) >= 11 is 1.64. The summed E-state index contributed by atoms with van der Waals surface area (Å²) in [4.78, 5) is 53.0. The highest BCUT2D eigenvalue weighted by atomic mass is 32.2. The van der Waals surface area contributed by atoms with Crippen molar-refractivity contribution in [3.05, 3.63) is 107 Å². The summed E-state index contributed by atoms with van der Waals surface area (Å²) < 4.78 is 44.9. The Morgan fingerprint density at radius 2 is 1.78 bits per heavy atom. The van der Waals surface area contributed by atoms with Crippen LogP contribution in [0.25, 0.3) is 11.1 Å². The second kappa shape index (κ2) is 16.9. The van der Waals surface area contributed by atoms with Crippen molar-refractivity contribution >= 4 is 56.8 Å². The zero-order valence-electron chi connectivity index (χ0n) is 32.6. The Balaban J connectivity index is 0.877. The zero-order valence-corrected chi connectivity index (χ0v) is 34.2. The molecular weight excluding hydrogens is 794 g/mol. The van der Waals surface area contributed by atoms with Gasteiger partial charge in [0.1, 0.15) is 11.9 Å². The molecule has 4 aliphatic rings. The highest BCUT2D eigenvalue weighted by molar-refractivity contribution is 7.99. The number of hydrogen-bond donors (Lipinski definition) is 4. The third-order valence-corrected chi connectivity index (χ3v) is 14.9. The molecule has 2 saturated heterocycles. The van der Waals surface area contributed by atoms with Gasteiger partial charge in [0, 0.05) is 59.2 Å². The summed E-state index contributed by atoms with van der Waals surface area (Å²) in [5.41, 5.74) is 5.06. The smallest absolute Gasteiger partial charge is 0.255 e. The van der Waals surface area contributed by atoms with Crippen molar-refractivity contribution < 1.29 is 37.1 Å². The molecule has 0 aliphatic carbocycles. The van der Waals surface area contributed by atoms with Crippen LogP contribution in [0.15, 0.2) is 88.7 Å². The highest BCUT2D eigenvalue weighted by Gasteiger charge is 2.48. The van der Waals surface area contributed by atoms with Crippen LogP contribution >= 0.6 is 11.8 Å². The molecule has 4 N–H and O–H groups in total. The predicted molar refractivity (Wildman–Crippen MR) is 223 cm³/mol. The van der Waals surface area contributed by atoms with Crippen molar-refractivity contribution in [3.63, 3.8) is 0 Å². The minimum Gasteiger partial charge on any atom is -0.394 e. The van der Waals surface area contributed by atoms with Crippen molar-refractivity contribution in [1.29, 1.82) is 0 Å². The van der Waals surface area contributed by atoms with Gasteiger partial charge >= 0.3 is 0 Å². The van der Waals surface area contributed by atoms with E-state index in [9.17, 15) is 32.7 Å². The van der Waals surface area contributed by atoms with Crippen molar-refractivity contribution in [2.45, 2.75) is 86.3 Å². The van der Waals surface area contributed by atoms with Gasteiger partial charge in [-0.25, -0.2) is 12.8 Å². The Kier molecular flexibility index (Phi) is 11.6. The molecule has 308 valence electrons. The van der Waals surface area contributed by atoms with Crippen molar-refractivity contribution in [1.82, 2.24) is 14.5 Å². The van der Waals surface area contributed by atoms with Crippen LogP contribution in [0, 0.1) is 18.7 Å². The normalized spacial score (nSPS) is 21.4. The van der Waals surface area contributed by atoms with E-state index < -0.39 is 33.8 Å². The number of rotatable bonds is 13. The van der Waals surface area contributed by atoms with E-state index in [4.69, 9.17) is 0 Å². The number of aliphatic hydroxyl groups is 1. The summed E-state index contributed by atoms with van der Waals surface area (Å²) in [7, 11) is -3.88. The third-order valence-electron chi connectivity index (χ3n) is 11.9. The molecule has 4 heterocycles. The van der Waals surface area contributed by atoms with E-state index in [1.165, 1.54) is 16.4 Å². The maximum atomic E-state index is 15.5. The van der Waals surface area contributed by atoms with Crippen LogP contribution in [0.2, 0.25) is 0 Å². The highest BCUT2D eigenvalue weighted by Crippen LogP contribution is 2.49. The first-order valence-electron chi connectivity index (χ1n) is 20.0. The van der Waals surface area contributed by atoms with Gasteiger partial charge in [-0.2, -0.15) is 4.31 Å². The number of hydrogen-bond acceptors (Lipinski definition) is 9. The Bertz CT molecular complexity index is 2430. The lowest BCUT2D eigenvalue weighted by molar-refractivity contribution is -0.137. The minimum atomic E-state index is -3.88. The number of thioether (sulfide) groups is 1.